The van der Waals surface area contributed by atoms with Crippen molar-refractivity contribution < 1.29 is 32.9 Å². The highest BCUT2D eigenvalue weighted by Gasteiger charge is 2.16. The van der Waals surface area contributed by atoms with Gasteiger partial charge in [-0.2, -0.15) is 5.11 Å². The summed E-state index contributed by atoms with van der Waals surface area (Å²) in [5, 5.41) is 20.9. The topological polar surface area (TPSA) is 164 Å². The highest BCUT2D eigenvalue weighted by atomic mass is 31.2. The lowest BCUT2D eigenvalue weighted by Gasteiger charge is -2.25. The molecule has 0 bridgehead atoms. The summed E-state index contributed by atoms with van der Waals surface area (Å²) in [6, 6.07) is 16.7. The van der Waals surface area contributed by atoms with Crippen LogP contribution in [0.2, 0.25) is 0 Å². The van der Waals surface area contributed by atoms with E-state index in [0.717, 1.165) is 13.3 Å². The maximum atomic E-state index is 11.4. The van der Waals surface area contributed by atoms with Gasteiger partial charge in [-0.05, 0) is 36.4 Å². The lowest BCUT2D eigenvalue weighted by Crippen LogP contribution is -2.30. The summed E-state index contributed by atoms with van der Waals surface area (Å²) in [6.45, 7) is 2.57. The number of hydrogen-bond acceptors (Lipinski definition) is 9. The zero-order valence-electron chi connectivity index (χ0n) is 19.6. The molecule has 0 fully saturated rings. The molecule has 0 radical (unpaired) electrons. The van der Waals surface area contributed by atoms with Gasteiger partial charge in [-0.15, -0.1) is 5.11 Å². The van der Waals surface area contributed by atoms with Gasteiger partial charge in [0.2, 0.25) is 0 Å². The SMILES string of the molecule is CP(=O)(O)OCCN(CCOP(C)(=O)O)c1ccc(/N=N/c2ccc([N+](=O)[O-])c3ccccc23)cc1. The summed E-state index contributed by atoms with van der Waals surface area (Å²) < 4.78 is 32.7. The van der Waals surface area contributed by atoms with Crippen molar-refractivity contribution in [3.63, 3.8) is 0 Å². The quantitative estimate of drug-likeness (QED) is 0.129. The Bertz CT molecular complexity index is 1310. The zero-order chi connectivity index (χ0) is 26.3. The van der Waals surface area contributed by atoms with Crippen molar-refractivity contribution in [3.8, 4) is 0 Å². The monoisotopic (exact) mass is 536 g/mol. The molecule has 0 saturated heterocycles. The molecule has 14 heteroatoms. The van der Waals surface area contributed by atoms with Crippen LogP contribution in [0.5, 0.6) is 0 Å². The molecule has 12 nitrogen and oxygen atoms in total. The second-order valence-electron chi connectivity index (χ2n) is 7.88. The van der Waals surface area contributed by atoms with Gasteiger partial charge >= 0.3 is 15.2 Å². The van der Waals surface area contributed by atoms with Crippen molar-refractivity contribution in [1.82, 2.24) is 0 Å². The number of fused-ring (bicyclic) bond motifs is 1. The Morgan fingerprint density at radius 3 is 1.94 bits per heavy atom. The maximum absolute atomic E-state index is 11.4. The van der Waals surface area contributed by atoms with Crippen molar-refractivity contribution in [3.05, 3.63) is 70.8 Å². The first-order valence-electron chi connectivity index (χ1n) is 10.8. The normalized spacial score (nSPS) is 15.0. The van der Waals surface area contributed by atoms with E-state index in [1.807, 2.05) is 0 Å². The van der Waals surface area contributed by atoms with E-state index >= 15 is 0 Å². The molecule has 2 N–H and O–H groups in total. The lowest BCUT2D eigenvalue weighted by atomic mass is 10.1. The van der Waals surface area contributed by atoms with E-state index in [4.69, 9.17) is 9.05 Å². The molecule has 0 heterocycles. The number of anilines is 1. The van der Waals surface area contributed by atoms with Crippen LogP contribution in [0.3, 0.4) is 0 Å². The predicted molar refractivity (Wildman–Crippen MR) is 137 cm³/mol. The minimum absolute atomic E-state index is 0.0109. The summed E-state index contributed by atoms with van der Waals surface area (Å²) in [6.07, 6.45) is 0. The molecule has 3 rings (SSSR count). The second kappa shape index (κ2) is 11.8. The molecule has 0 aliphatic carbocycles. The first-order chi connectivity index (χ1) is 16.9. The van der Waals surface area contributed by atoms with Crippen molar-refractivity contribution in [1.29, 1.82) is 0 Å². The van der Waals surface area contributed by atoms with Crippen LogP contribution in [-0.2, 0) is 18.2 Å². The molecule has 36 heavy (non-hydrogen) atoms. The summed E-state index contributed by atoms with van der Waals surface area (Å²) in [5.74, 6) is 0. The average Bonchev–Trinajstić information content (AvgIpc) is 2.80. The number of non-ortho nitro benzene ring substituents is 1. The van der Waals surface area contributed by atoms with Crippen molar-refractivity contribution >= 4 is 48.7 Å². The third-order valence-electron chi connectivity index (χ3n) is 4.95. The van der Waals surface area contributed by atoms with Gasteiger partial charge in [0.05, 0.1) is 34.9 Å². The van der Waals surface area contributed by atoms with Crippen LogP contribution in [0.15, 0.2) is 70.9 Å². The fraction of sp³-hybridized carbons (Fsp3) is 0.273. The minimum Gasteiger partial charge on any atom is -0.367 e. The number of hydrogen-bond donors (Lipinski definition) is 2. The van der Waals surface area contributed by atoms with Crippen LogP contribution in [0.1, 0.15) is 0 Å². The molecule has 192 valence electrons. The molecule has 0 amide bonds. The van der Waals surface area contributed by atoms with Crippen molar-refractivity contribution in [2.75, 3.05) is 44.5 Å². The highest BCUT2D eigenvalue weighted by molar-refractivity contribution is 7.52. The van der Waals surface area contributed by atoms with Crippen molar-refractivity contribution in [2.24, 2.45) is 10.2 Å². The van der Waals surface area contributed by atoms with Gasteiger partial charge in [0.15, 0.2) is 0 Å². The Labute approximate surface area is 207 Å². The van der Waals surface area contributed by atoms with Gasteiger partial charge in [0, 0.05) is 43.6 Å². The second-order valence-corrected chi connectivity index (χ2v) is 11.6. The Morgan fingerprint density at radius 1 is 0.861 bits per heavy atom. The van der Waals surface area contributed by atoms with Gasteiger partial charge in [0.1, 0.15) is 0 Å². The molecule has 3 aromatic carbocycles. The zero-order valence-corrected chi connectivity index (χ0v) is 21.4. The molecule has 2 atom stereocenters. The molecule has 0 saturated carbocycles. The van der Waals surface area contributed by atoms with E-state index in [2.05, 4.69) is 10.2 Å². The number of benzene rings is 3. The van der Waals surface area contributed by atoms with Crippen LogP contribution >= 0.6 is 15.2 Å². The van der Waals surface area contributed by atoms with Gasteiger partial charge in [-0.25, -0.2) is 0 Å². The van der Waals surface area contributed by atoms with E-state index in [9.17, 15) is 29.0 Å². The Morgan fingerprint density at radius 2 is 1.42 bits per heavy atom. The third-order valence-corrected chi connectivity index (χ3v) is 6.27. The molecule has 0 spiro atoms. The summed E-state index contributed by atoms with van der Waals surface area (Å²) in [7, 11) is -7.29. The van der Waals surface area contributed by atoms with Gasteiger partial charge in [-0.1, -0.05) is 18.2 Å². The molecule has 0 aliphatic heterocycles. The summed E-state index contributed by atoms with van der Waals surface area (Å²) in [5.41, 5.74) is 1.70. The largest absolute Gasteiger partial charge is 0.367 e. The first-order valence-corrected chi connectivity index (χ1v) is 14.8. The minimum atomic E-state index is -3.65. The third kappa shape index (κ3) is 8.30. The number of nitro benzene ring substituents is 1. The lowest BCUT2D eigenvalue weighted by molar-refractivity contribution is -0.383. The van der Waals surface area contributed by atoms with Crippen LogP contribution in [0.4, 0.5) is 22.7 Å². The van der Waals surface area contributed by atoms with E-state index in [-0.39, 0.29) is 32.0 Å². The first kappa shape index (κ1) is 27.6. The molecular formula is C22H26N4O8P2. The van der Waals surface area contributed by atoms with E-state index in [1.54, 1.807) is 59.5 Å². The van der Waals surface area contributed by atoms with Crippen LogP contribution in [0.25, 0.3) is 10.8 Å². The number of azo groups is 1. The van der Waals surface area contributed by atoms with Crippen LogP contribution < -0.4 is 4.90 Å². The Kier molecular flexibility index (Phi) is 9.08. The summed E-state index contributed by atoms with van der Waals surface area (Å²) >= 11 is 0. The van der Waals surface area contributed by atoms with Crippen LogP contribution in [-0.4, -0.2) is 54.3 Å². The maximum Gasteiger partial charge on any atom is 0.325 e. The summed E-state index contributed by atoms with van der Waals surface area (Å²) in [4.78, 5) is 31.3. The van der Waals surface area contributed by atoms with Gasteiger partial charge in [-0.3, -0.25) is 19.2 Å². The smallest absolute Gasteiger partial charge is 0.325 e. The average molecular weight is 536 g/mol. The van der Waals surface area contributed by atoms with E-state index < -0.39 is 20.1 Å². The molecule has 0 aromatic heterocycles. The van der Waals surface area contributed by atoms with E-state index in [0.29, 0.717) is 27.8 Å². The number of nitro groups is 1. The molecular weight excluding hydrogens is 510 g/mol. The molecule has 0 aliphatic rings. The Balaban J connectivity index is 1.77. The Hall–Kier alpha value is -2.98. The fourth-order valence-electron chi connectivity index (χ4n) is 3.37. The van der Waals surface area contributed by atoms with Crippen molar-refractivity contribution in [2.45, 2.75) is 0 Å². The standard InChI is InChI=1S/C22H26N4O8P2/c1-35(29,30)33-15-13-25(14-16-34-36(2,31)32)18-9-7-17(8-10-18)23-24-21-11-12-22(26(27)28)20-6-4-3-5-19(20)21/h3-12H,13-16H2,1-2H3,(H,29,30)(H,31,32)/b24-23+. The predicted octanol–water partition coefficient (Wildman–Crippen LogP) is 5.63. The number of rotatable bonds is 12. The molecule has 3 aromatic rings. The molecule has 2 unspecified atom stereocenters. The highest BCUT2D eigenvalue weighted by Crippen LogP contribution is 2.37. The fourth-order valence-corrected chi connectivity index (χ4v) is 4.21. The van der Waals surface area contributed by atoms with Gasteiger partial charge < -0.3 is 23.7 Å². The van der Waals surface area contributed by atoms with Gasteiger partial charge in [0.25, 0.3) is 5.69 Å². The van der Waals surface area contributed by atoms with E-state index in [1.165, 1.54) is 6.07 Å². The van der Waals surface area contributed by atoms with Crippen LogP contribution in [0, 0.1) is 10.1 Å². The number of nitrogens with zero attached hydrogens (tertiary/aromatic N) is 4.